The number of Topliss-reactive ketones (excluding diaryl/α,β-unsaturated/α-hetero) is 1. The van der Waals surface area contributed by atoms with E-state index in [0.29, 0.717) is 64.3 Å². The van der Waals surface area contributed by atoms with Crippen molar-refractivity contribution in [3.8, 4) is 0 Å². The number of ketones is 1. The van der Waals surface area contributed by atoms with Crippen LogP contribution in [0.4, 0.5) is 0 Å². The van der Waals surface area contributed by atoms with Crippen LogP contribution in [0.25, 0.3) is 0 Å². The number of hydrogen-bond acceptors (Lipinski definition) is 7. The number of ether oxygens (including phenoxy) is 4. The summed E-state index contributed by atoms with van der Waals surface area (Å²) in [7, 11) is 0. The van der Waals surface area contributed by atoms with Gasteiger partial charge < -0.3 is 24.3 Å². The van der Waals surface area contributed by atoms with Crippen molar-refractivity contribution in [1.82, 2.24) is 15.1 Å². The van der Waals surface area contributed by atoms with Crippen LogP contribution in [0.3, 0.4) is 0 Å². The van der Waals surface area contributed by atoms with Crippen LogP contribution in [0.2, 0.25) is 0 Å². The number of carbonyl (C=O) groups is 2. The maximum absolute atomic E-state index is 12.4. The summed E-state index contributed by atoms with van der Waals surface area (Å²) in [6, 6.07) is 7.69. The van der Waals surface area contributed by atoms with Crippen LogP contribution in [-0.4, -0.2) is 80.9 Å². The van der Waals surface area contributed by atoms with E-state index in [9.17, 15) is 9.59 Å². The van der Waals surface area contributed by atoms with E-state index in [4.69, 9.17) is 18.9 Å². The van der Waals surface area contributed by atoms with Crippen molar-refractivity contribution in [2.75, 3.05) is 59.4 Å². The molecule has 206 valence electrons. The fourth-order valence-corrected chi connectivity index (χ4v) is 3.27. The van der Waals surface area contributed by atoms with E-state index in [0.717, 1.165) is 5.56 Å². The summed E-state index contributed by atoms with van der Waals surface area (Å²) in [6.45, 7) is 13.7. The number of aromatic nitrogens is 2. The molecule has 0 radical (unpaired) electrons. The van der Waals surface area contributed by atoms with E-state index < -0.39 is 0 Å². The molecular weight excluding hydrogens is 474 g/mol. The summed E-state index contributed by atoms with van der Waals surface area (Å²) in [4.78, 5) is 23.8. The molecule has 1 atom stereocenters. The molecular formula is C28H43N3O6. The SMILES string of the molecule is CC(C)C(=O)COCCOCCOCCOCCNC(=O)c1ccc(C(C)n2cc(C(C)C)cn2)cc1. The van der Waals surface area contributed by atoms with E-state index in [1.54, 1.807) is 0 Å². The van der Waals surface area contributed by atoms with Crippen LogP contribution in [0.5, 0.6) is 0 Å². The van der Waals surface area contributed by atoms with Gasteiger partial charge in [-0.2, -0.15) is 5.10 Å². The van der Waals surface area contributed by atoms with Crippen molar-refractivity contribution in [3.63, 3.8) is 0 Å². The molecule has 0 fully saturated rings. The normalized spacial score (nSPS) is 12.3. The van der Waals surface area contributed by atoms with Gasteiger partial charge in [-0.25, -0.2) is 0 Å². The average Bonchev–Trinajstić information content (AvgIpc) is 3.39. The molecule has 2 rings (SSSR count). The van der Waals surface area contributed by atoms with Crippen molar-refractivity contribution >= 4 is 11.7 Å². The minimum absolute atomic E-state index is 0.00770. The first kappa shape index (κ1) is 30.6. The predicted octanol–water partition coefficient (Wildman–Crippen LogP) is 3.64. The molecule has 0 saturated carbocycles. The quantitative estimate of drug-likeness (QED) is 0.284. The standard InChI is InChI=1S/C28H43N3O6/c1-21(2)26-18-30-31(19-26)23(5)24-6-8-25(9-7-24)28(33)29-10-11-34-12-13-35-14-15-36-16-17-37-20-27(32)22(3)4/h6-9,18-19,21-23H,10-17,20H2,1-5H3,(H,29,33). The number of rotatable bonds is 19. The minimum atomic E-state index is -0.130. The number of hydrogen-bond donors (Lipinski definition) is 1. The molecule has 0 bridgehead atoms. The van der Waals surface area contributed by atoms with E-state index in [2.05, 4.69) is 37.4 Å². The molecule has 37 heavy (non-hydrogen) atoms. The predicted molar refractivity (Wildman–Crippen MR) is 142 cm³/mol. The molecule has 0 aliphatic rings. The highest BCUT2D eigenvalue weighted by atomic mass is 16.6. The van der Waals surface area contributed by atoms with Crippen molar-refractivity contribution in [2.24, 2.45) is 5.92 Å². The van der Waals surface area contributed by atoms with Crippen LogP contribution in [0.15, 0.2) is 36.7 Å². The Hall–Kier alpha value is -2.59. The Balaban J connectivity index is 1.49. The zero-order valence-electron chi connectivity index (χ0n) is 22.9. The fourth-order valence-electron chi connectivity index (χ4n) is 3.27. The van der Waals surface area contributed by atoms with Crippen molar-refractivity contribution < 1.29 is 28.5 Å². The molecule has 0 aliphatic heterocycles. The van der Waals surface area contributed by atoms with Crippen LogP contribution in [-0.2, 0) is 23.7 Å². The van der Waals surface area contributed by atoms with Crippen molar-refractivity contribution in [3.05, 3.63) is 53.3 Å². The maximum Gasteiger partial charge on any atom is 0.251 e. The van der Waals surface area contributed by atoms with Gasteiger partial charge in [-0.15, -0.1) is 0 Å². The lowest BCUT2D eigenvalue weighted by Gasteiger charge is -2.13. The Kier molecular flexibility index (Phi) is 14.1. The summed E-state index contributed by atoms with van der Waals surface area (Å²) in [5, 5.41) is 7.34. The Labute approximate surface area is 220 Å². The monoisotopic (exact) mass is 517 g/mol. The van der Waals surface area contributed by atoms with Crippen molar-refractivity contribution in [1.29, 1.82) is 0 Å². The Bertz CT molecular complexity index is 926. The molecule has 0 aliphatic carbocycles. The lowest BCUT2D eigenvalue weighted by Crippen LogP contribution is -2.27. The number of benzene rings is 1. The minimum Gasteiger partial charge on any atom is -0.377 e. The molecule has 0 spiro atoms. The van der Waals surface area contributed by atoms with E-state index in [-0.39, 0.29) is 30.3 Å². The average molecular weight is 518 g/mol. The first-order valence-electron chi connectivity index (χ1n) is 13.1. The number of amides is 1. The summed E-state index contributed by atoms with van der Waals surface area (Å²) in [5.74, 6) is 0.393. The Morgan fingerprint density at radius 1 is 0.811 bits per heavy atom. The van der Waals surface area contributed by atoms with Crippen LogP contribution < -0.4 is 5.32 Å². The molecule has 0 saturated heterocycles. The highest BCUT2D eigenvalue weighted by Gasteiger charge is 2.12. The third-order valence-corrected chi connectivity index (χ3v) is 5.88. The topological polar surface area (TPSA) is 101 Å². The summed E-state index contributed by atoms with van der Waals surface area (Å²) >= 11 is 0. The van der Waals surface area contributed by atoms with Gasteiger partial charge in [-0.1, -0.05) is 39.8 Å². The van der Waals surface area contributed by atoms with Crippen LogP contribution in [0, 0.1) is 5.92 Å². The van der Waals surface area contributed by atoms with Gasteiger partial charge in [0.25, 0.3) is 5.91 Å². The third kappa shape index (κ3) is 11.6. The van der Waals surface area contributed by atoms with Gasteiger partial charge >= 0.3 is 0 Å². The summed E-state index contributed by atoms with van der Waals surface area (Å²) < 4.78 is 23.5. The fraction of sp³-hybridized carbons (Fsp3) is 0.607. The van der Waals surface area contributed by atoms with Gasteiger partial charge in [0.2, 0.25) is 0 Å². The van der Waals surface area contributed by atoms with Gasteiger partial charge in [-0.3, -0.25) is 14.3 Å². The Morgan fingerprint density at radius 2 is 1.38 bits per heavy atom. The number of nitrogens with one attached hydrogen (secondary N) is 1. The highest BCUT2D eigenvalue weighted by molar-refractivity contribution is 5.94. The van der Waals surface area contributed by atoms with E-state index in [1.165, 1.54) is 5.56 Å². The molecule has 1 amide bonds. The zero-order chi connectivity index (χ0) is 27.0. The van der Waals surface area contributed by atoms with E-state index >= 15 is 0 Å². The molecule has 1 aromatic heterocycles. The van der Waals surface area contributed by atoms with Crippen molar-refractivity contribution in [2.45, 2.75) is 46.6 Å². The lowest BCUT2D eigenvalue weighted by atomic mass is 10.1. The largest absolute Gasteiger partial charge is 0.377 e. The third-order valence-electron chi connectivity index (χ3n) is 5.88. The van der Waals surface area contributed by atoms with Crippen LogP contribution >= 0.6 is 0 Å². The molecule has 1 aromatic carbocycles. The second-order valence-electron chi connectivity index (χ2n) is 9.47. The van der Waals surface area contributed by atoms with Gasteiger partial charge in [0, 0.05) is 24.2 Å². The smallest absolute Gasteiger partial charge is 0.251 e. The first-order valence-corrected chi connectivity index (χ1v) is 13.1. The second-order valence-corrected chi connectivity index (χ2v) is 9.47. The highest BCUT2D eigenvalue weighted by Crippen LogP contribution is 2.20. The molecule has 1 unspecified atom stereocenters. The molecule has 2 aromatic rings. The number of carbonyl (C=O) groups excluding carboxylic acids is 2. The molecule has 1 heterocycles. The molecule has 9 heteroatoms. The number of nitrogens with zero attached hydrogens (tertiary/aromatic N) is 2. The van der Waals surface area contributed by atoms with Gasteiger partial charge in [0.15, 0.2) is 5.78 Å². The summed E-state index contributed by atoms with van der Waals surface area (Å²) in [5.41, 5.74) is 2.91. The van der Waals surface area contributed by atoms with Crippen LogP contribution in [0.1, 0.15) is 68.1 Å². The van der Waals surface area contributed by atoms with Gasteiger partial charge in [0.05, 0.1) is 58.5 Å². The van der Waals surface area contributed by atoms with Gasteiger partial charge in [-0.05, 0) is 36.1 Å². The first-order chi connectivity index (χ1) is 17.8. The zero-order valence-corrected chi connectivity index (χ0v) is 22.9. The molecule has 9 nitrogen and oxygen atoms in total. The Morgan fingerprint density at radius 3 is 1.92 bits per heavy atom. The maximum atomic E-state index is 12.4. The molecule has 1 N–H and O–H groups in total. The lowest BCUT2D eigenvalue weighted by molar-refractivity contribution is -0.127. The van der Waals surface area contributed by atoms with E-state index in [1.807, 2.05) is 49.0 Å². The second kappa shape index (κ2) is 17.0. The summed E-state index contributed by atoms with van der Waals surface area (Å²) in [6.07, 6.45) is 3.98. The van der Waals surface area contributed by atoms with Gasteiger partial charge in [0.1, 0.15) is 6.61 Å².